The summed E-state index contributed by atoms with van der Waals surface area (Å²) in [6.07, 6.45) is 0.746. The highest BCUT2D eigenvalue weighted by Gasteiger charge is 2.34. The molecule has 0 spiro atoms. The Hall–Kier alpha value is -2.40. The van der Waals surface area contributed by atoms with E-state index in [1.807, 2.05) is 12.1 Å². The number of nitrogens with one attached hydrogen (secondary N) is 1. The molecule has 4 rings (SSSR count). The Balaban J connectivity index is 1.66. The summed E-state index contributed by atoms with van der Waals surface area (Å²) < 4.78 is 54.0. The minimum Gasteiger partial charge on any atom is -0.497 e. The van der Waals surface area contributed by atoms with Crippen LogP contribution in [0.1, 0.15) is 29.4 Å². The molecule has 0 aliphatic carbocycles. The SMILES string of the molecule is COc1ccc(-c2cc(C(=O)N[C@@H]3CCS(=O)(=O)C3)n([C@@H]3CCS(=O)(=O)C3)n2)cc1. The Bertz CT molecular complexity index is 1170. The first-order valence-electron chi connectivity index (χ1n) is 9.61. The minimum atomic E-state index is -3.18. The third kappa shape index (κ3) is 4.36. The van der Waals surface area contributed by atoms with Gasteiger partial charge in [-0.05, 0) is 43.2 Å². The fourth-order valence-corrected chi connectivity index (χ4v) is 7.25. The van der Waals surface area contributed by atoms with E-state index in [1.165, 1.54) is 4.68 Å². The van der Waals surface area contributed by atoms with E-state index in [1.54, 1.807) is 25.3 Å². The molecule has 3 heterocycles. The standard InChI is InChI=1S/C19H23N3O6S2/c1-28-16-4-2-13(3-5-16)17-10-18(19(23)20-14-6-8-29(24,25)11-14)22(21-17)15-7-9-30(26,27)12-15/h2-5,10,14-15H,6-9,11-12H2,1H3,(H,20,23)/t14-,15-/m1/s1. The molecule has 2 saturated heterocycles. The summed E-state index contributed by atoms with van der Waals surface area (Å²) in [5.74, 6) is 0.172. The fourth-order valence-electron chi connectivity index (χ4n) is 3.88. The number of amides is 1. The molecular weight excluding hydrogens is 430 g/mol. The summed E-state index contributed by atoms with van der Waals surface area (Å²) in [6.45, 7) is 0. The van der Waals surface area contributed by atoms with Crippen molar-refractivity contribution in [3.8, 4) is 17.0 Å². The Morgan fingerprint density at radius 2 is 1.73 bits per heavy atom. The van der Waals surface area contributed by atoms with E-state index in [2.05, 4.69) is 10.4 Å². The molecule has 1 N–H and O–H groups in total. The lowest BCUT2D eigenvalue weighted by Gasteiger charge is -2.15. The number of methoxy groups -OCH3 is 1. The lowest BCUT2D eigenvalue weighted by atomic mass is 10.1. The van der Waals surface area contributed by atoms with E-state index in [-0.39, 0.29) is 28.7 Å². The summed E-state index contributed by atoms with van der Waals surface area (Å²) in [7, 11) is -4.75. The van der Waals surface area contributed by atoms with Gasteiger partial charge in [0.05, 0.1) is 41.9 Å². The number of rotatable bonds is 5. The molecule has 0 bridgehead atoms. The molecule has 9 nitrogen and oxygen atoms in total. The first-order chi connectivity index (χ1) is 14.2. The molecule has 2 aliphatic rings. The Morgan fingerprint density at radius 1 is 1.07 bits per heavy atom. The molecule has 2 aromatic rings. The van der Waals surface area contributed by atoms with Crippen molar-refractivity contribution >= 4 is 25.6 Å². The van der Waals surface area contributed by atoms with Crippen LogP contribution in [0.25, 0.3) is 11.3 Å². The van der Waals surface area contributed by atoms with Crippen LogP contribution in [0.2, 0.25) is 0 Å². The number of carbonyl (C=O) groups is 1. The van der Waals surface area contributed by atoms with E-state index in [0.29, 0.717) is 24.3 Å². The van der Waals surface area contributed by atoms with Crippen LogP contribution in [0.5, 0.6) is 5.75 Å². The summed E-state index contributed by atoms with van der Waals surface area (Å²) in [5.41, 5.74) is 1.52. The summed E-state index contributed by atoms with van der Waals surface area (Å²) in [4.78, 5) is 13.0. The predicted octanol–water partition coefficient (Wildman–Crippen LogP) is 0.835. The monoisotopic (exact) mass is 453 g/mol. The first kappa shape index (κ1) is 20.9. The summed E-state index contributed by atoms with van der Waals surface area (Å²) in [6, 6.07) is 7.89. The topological polar surface area (TPSA) is 124 Å². The second-order valence-corrected chi connectivity index (χ2v) is 12.2. The van der Waals surface area contributed by atoms with Gasteiger partial charge in [0.15, 0.2) is 19.7 Å². The Labute approximate surface area is 175 Å². The van der Waals surface area contributed by atoms with E-state index in [4.69, 9.17) is 4.74 Å². The number of carbonyl (C=O) groups excluding carboxylic acids is 1. The van der Waals surface area contributed by atoms with Gasteiger partial charge in [0.1, 0.15) is 11.4 Å². The van der Waals surface area contributed by atoms with Crippen LogP contribution in [0.15, 0.2) is 30.3 Å². The van der Waals surface area contributed by atoms with E-state index in [9.17, 15) is 21.6 Å². The molecule has 2 aliphatic heterocycles. The van der Waals surface area contributed by atoms with E-state index < -0.39 is 37.7 Å². The van der Waals surface area contributed by atoms with Gasteiger partial charge in [0, 0.05) is 11.6 Å². The molecule has 2 fully saturated rings. The van der Waals surface area contributed by atoms with Gasteiger partial charge in [-0.15, -0.1) is 0 Å². The predicted molar refractivity (Wildman–Crippen MR) is 111 cm³/mol. The van der Waals surface area contributed by atoms with Crippen LogP contribution in [0.4, 0.5) is 0 Å². The number of hydrogen-bond acceptors (Lipinski definition) is 7. The molecular formula is C19H23N3O6S2. The highest BCUT2D eigenvalue weighted by atomic mass is 32.2. The third-order valence-electron chi connectivity index (χ3n) is 5.48. The zero-order valence-corrected chi connectivity index (χ0v) is 18.1. The zero-order valence-electron chi connectivity index (χ0n) is 16.4. The molecule has 11 heteroatoms. The Kier molecular flexibility index (Phi) is 5.35. The van der Waals surface area contributed by atoms with Crippen molar-refractivity contribution in [2.45, 2.75) is 24.9 Å². The molecule has 1 amide bonds. The van der Waals surface area contributed by atoms with Gasteiger partial charge in [-0.3, -0.25) is 9.48 Å². The van der Waals surface area contributed by atoms with Gasteiger partial charge >= 0.3 is 0 Å². The van der Waals surface area contributed by atoms with Gasteiger partial charge in [0.2, 0.25) is 0 Å². The van der Waals surface area contributed by atoms with Crippen LogP contribution in [0.3, 0.4) is 0 Å². The Morgan fingerprint density at radius 3 is 2.30 bits per heavy atom. The minimum absolute atomic E-state index is 0.0508. The highest BCUT2D eigenvalue weighted by Crippen LogP contribution is 2.29. The number of hydrogen-bond donors (Lipinski definition) is 1. The van der Waals surface area contributed by atoms with Crippen molar-refractivity contribution in [3.63, 3.8) is 0 Å². The van der Waals surface area contributed by atoms with Gasteiger partial charge in [0.25, 0.3) is 5.91 Å². The lowest BCUT2D eigenvalue weighted by molar-refractivity contribution is 0.0928. The molecule has 30 heavy (non-hydrogen) atoms. The van der Waals surface area contributed by atoms with Crippen LogP contribution >= 0.6 is 0 Å². The number of sulfone groups is 2. The van der Waals surface area contributed by atoms with Gasteiger partial charge in [-0.2, -0.15) is 5.10 Å². The number of benzene rings is 1. The summed E-state index contributed by atoms with van der Waals surface area (Å²) in [5, 5.41) is 7.31. The van der Waals surface area contributed by atoms with Crippen molar-refractivity contribution in [2.24, 2.45) is 0 Å². The van der Waals surface area contributed by atoms with Crippen molar-refractivity contribution in [2.75, 3.05) is 30.1 Å². The van der Waals surface area contributed by atoms with Crippen LogP contribution in [-0.2, 0) is 19.7 Å². The average molecular weight is 454 g/mol. The molecule has 1 aromatic carbocycles. The quantitative estimate of drug-likeness (QED) is 0.711. The van der Waals surface area contributed by atoms with Crippen LogP contribution in [0, 0.1) is 0 Å². The zero-order chi connectivity index (χ0) is 21.5. The van der Waals surface area contributed by atoms with Crippen molar-refractivity contribution in [1.29, 1.82) is 0 Å². The highest BCUT2D eigenvalue weighted by molar-refractivity contribution is 7.91. The first-order valence-corrected chi connectivity index (χ1v) is 13.3. The number of aromatic nitrogens is 2. The third-order valence-corrected chi connectivity index (χ3v) is 8.99. The maximum atomic E-state index is 13.0. The molecule has 0 unspecified atom stereocenters. The van der Waals surface area contributed by atoms with Crippen molar-refractivity contribution in [3.05, 3.63) is 36.0 Å². The maximum Gasteiger partial charge on any atom is 0.269 e. The lowest BCUT2D eigenvalue weighted by Crippen LogP contribution is -2.37. The second-order valence-electron chi connectivity index (χ2n) is 7.72. The molecule has 1 aromatic heterocycles. The molecule has 0 radical (unpaired) electrons. The fraction of sp³-hybridized carbons (Fsp3) is 0.474. The van der Waals surface area contributed by atoms with E-state index >= 15 is 0 Å². The van der Waals surface area contributed by atoms with Crippen LogP contribution in [-0.4, -0.2) is 68.7 Å². The second kappa shape index (κ2) is 7.69. The van der Waals surface area contributed by atoms with E-state index in [0.717, 1.165) is 5.56 Å². The summed E-state index contributed by atoms with van der Waals surface area (Å²) >= 11 is 0. The van der Waals surface area contributed by atoms with Crippen molar-refractivity contribution < 1.29 is 26.4 Å². The van der Waals surface area contributed by atoms with Gasteiger partial charge in [-0.1, -0.05) is 0 Å². The largest absolute Gasteiger partial charge is 0.497 e. The molecule has 162 valence electrons. The normalized spacial score (nSPS) is 24.6. The molecule has 0 saturated carbocycles. The number of ether oxygens (including phenoxy) is 1. The van der Waals surface area contributed by atoms with Crippen molar-refractivity contribution in [1.82, 2.24) is 15.1 Å². The van der Waals surface area contributed by atoms with Gasteiger partial charge < -0.3 is 10.1 Å². The smallest absolute Gasteiger partial charge is 0.269 e. The maximum absolute atomic E-state index is 13.0. The number of nitrogens with zero attached hydrogens (tertiary/aromatic N) is 2. The molecule has 2 atom stereocenters. The van der Waals surface area contributed by atoms with Crippen LogP contribution < -0.4 is 10.1 Å². The average Bonchev–Trinajstić information content (AvgIpc) is 3.38. The van der Waals surface area contributed by atoms with Gasteiger partial charge in [-0.25, -0.2) is 16.8 Å².